The number of carbonyl (C=O) groups is 3. The maximum Gasteiger partial charge on any atom is 0.308 e. The normalized spacial score (nSPS) is 14.7. The quantitative estimate of drug-likeness (QED) is 0.0426. The van der Waals surface area contributed by atoms with Crippen LogP contribution >= 0.6 is 0 Å². The Bertz CT molecular complexity index is 649. The molecule has 0 aliphatic rings. The highest BCUT2D eigenvalue weighted by Crippen LogP contribution is 2.24. The molecule has 0 rings (SSSR count). The van der Waals surface area contributed by atoms with E-state index in [1.54, 1.807) is 0 Å². The van der Waals surface area contributed by atoms with Crippen molar-refractivity contribution in [2.75, 3.05) is 59.5 Å². The average molecular weight is 645 g/mol. The van der Waals surface area contributed by atoms with Crippen LogP contribution in [0.1, 0.15) is 132 Å². The minimum Gasteiger partial charge on any atom is -0.463 e. The number of rotatable bonds is 31. The monoisotopic (exact) mass is 644 g/mol. The lowest BCUT2D eigenvalue weighted by molar-refractivity contribution is -0.152. The second kappa shape index (κ2) is 28.5. The SMILES string of the molecule is CCCCC(CC)C(=O)OCCOCC(CC)(COCCOC(=O)C(CC)CCCC)COCCOC(=O)C(CC)CCCC. The fourth-order valence-electron chi connectivity index (χ4n) is 5.07. The first-order valence-electron chi connectivity index (χ1n) is 18.0. The van der Waals surface area contributed by atoms with Crippen LogP contribution in [-0.2, 0) is 42.8 Å². The number of ether oxygens (including phenoxy) is 6. The van der Waals surface area contributed by atoms with Crippen LogP contribution in [0.3, 0.4) is 0 Å². The summed E-state index contributed by atoms with van der Waals surface area (Å²) in [5.41, 5.74) is -0.467. The molecule has 0 radical (unpaired) electrons. The van der Waals surface area contributed by atoms with Gasteiger partial charge in [-0.15, -0.1) is 0 Å². The predicted octanol–water partition coefficient (Wildman–Crippen LogP) is 7.71. The summed E-state index contributed by atoms with van der Waals surface area (Å²) in [6, 6.07) is 0. The van der Waals surface area contributed by atoms with Crippen molar-refractivity contribution in [3.8, 4) is 0 Å². The van der Waals surface area contributed by atoms with Crippen LogP contribution in [0.15, 0.2) is 0 Å². The fraction of sp³-hybridized carbons (Fsp3) is 0.917. The molecule has 0 saturated heterocycles. The molecule has 9 nitrogen and oxygen atoms in total. The molecule has 0 aromatic rings. The Hall–Kier alpha value is -1.71. The van der Waals surface area contributed by atoms with E-state index in [2.05, 4.69) is 27.7 Å². The Morgan fingerprint density at radius 1 is 0.467 bits per heavy atom. The smallest absolute Gasteiger partial charge is 0.308 e. The van der Waals surface area contributed by atoms with Crippen LogP contribution in [0.4, 0.5) is 0 Å². The molecule has 3 atom stereocenters. The lowest BCUT2D eigenvalue weighted by Crippen LogP contribution is -2.38. The highest BCUT2D eigenvalue weighted by Gasteiger charge is 2.30. The third kappa shape index (κ3) is 20.2. The van der Waals surface area contributed by atoms with Crippen LogP contribution in [0.2, 0.25) is 0 Å². The standard InChI is InChI=1S/C36H68O9/c1-8-15-18-30(11-4)33(37)43-24-21-40-27-36(14-7,28-41-22-25-44-34(38)31(12-5)19-16-9-2)29-42-23-26-45-35(39)32(13-6)20-17-10-3/h30-32H,8-29H2,1-7H3. The van der Waals surface area contributed by atoms with Gasteiger partial charge in [-0.25, -0.2) is 0 Å². The van der Waals surface area contributed by atoms with E-state index in [1.165, 1.54) is 0 Å². The van der Waals surface area contributed by atoms with Gasteiger partial charge in [0.15, 0.2) is 0 Å². The minimum atomic E-state index is -0.467. The Labute approximate surface area is 275 Å². The number of esters is 3. The van der Waals surface area contributed by atoms with E-state index in [-0.39, 0.29) is 75.3 Å². The molecule has 0 bridgehead atoms. The first-order chi connectivity index (χ1) is 21.8. The van der Waals surface area contributed by atoms with E-state index in [9.17, 15) is 14.4 Å². The van der Waals surface area contributed by atoms with Crippen molar-refractivity contribution in [2.24, 2.45) is 23.2 Å². The molecule has 45 heavy (non-hydrogen) atoms. The maximum atomic E-state index is 12.4. The summed E-state index contributed by atoms with van der Waals surface area (Å²) in [6.45, 7) is 16.9. The number of carbonyl (C=O) groups excluding carboxylic acids is 3. The van der Waals surface area contributed by atoms with Gasteiger partial charge in [0.2, 0.25) is 0 Å². The largest absolute Gasteiger partial charge is 0.463 e. The highest BCUT2D eigenvalue weighted by atomic mass is 16.6. The molecule has 0 spiro atoms. The number of unbranched alkanes of at least 4 members (excludes halogenated alkanes) is 3. The van der Waals surface area contributed by atoms with Gasteiger partial charge in [-0.1, -0.05) is 87.0 Å². The van der Waals surface area contributed by atoms with Gasteiger partial charge in [-0.3, -0.25) is 14.4 Å². The average Bonchev–Trinajstić information content (AvgIpc) is 3.04. The van der Waals surface area contributed by atoms with Gasteiger partial charge in [0.25, 0.3) is 0 Å². The molecular formula is C36H68O9. The van der Waals surface area contributed by atoms with Crippen molar-refractivity contribution < 1.29 is 42.8 Å². The Kier molecular flexibility index (Phi) is 27.4. The van der Waals surface area contributed by atoms with Crippen LogP contribution in [-0.4, -0.2) is 77.4 Å². The molecule has 0 saturated carbocycles. The van der Waals surface area contributed by atoms with Gasteiger partial charge < -0.3 is 28.4 Å². The van der Waals surface area contributed by atoms with Crippen LogP contribution in [0, 0.1) is 23.2 Å². The third-order valence-electron chi connectivity index (χ3n) is 8.59. The minimum absolute atomic E-state index is 0.0665. The molecule has 0 aliphatic heterocycles. The van der Waals surface area contributed by atoms with E-state index in [0.717, 1.165) is 77.0 Å². The van der Waals surface area contributed by atoms with Crippen molar-refractivity contribution >= 4 is 17.9 Å². The molecule has 3 unspecified atom stereocenters. The Morgan fingerprint density at radius 2 is 0.756 bits per heavy atom. The molecule has 0 amide bonds. The zero-order chi connectivity index (χ0) is 33.8. The molecular weight excluding hydrogens is 576 g/mol. The van der Waals surface area contributed by atoms with Gasteiger partial charge in [-0.2, -0.15) is 0 Å². The number of hydrogen-bond acceptors (Lipinski definition) is 9. The van der Waals surface area contributed by atoms with E-state index >= 15 is 0 Å². The first kappa shape index (κ1) is 43.3. The molecule has 266 valence electrons. The van der Waals surface area contributed by atoms with Gasteiger partial charge in [0, 0.05) is 5.41 Å². The van der Waals surface area contributed by atoms with Crippen LogP contribution in [0.25, 0.3) is 0 Å². The molecule has 0 aromatic heterocycles. The summed E-state index contributed by atoms with van der Waals surface area (Å²) < 4.78 is 34.4. The predicted molar refractivity (Wildman–Crippen MR) is 178 cm³/mol. The van der Waals surface area contributed by atoms with Gasteiger partial charge >= 0.3 is 17.9 Å². The first-order valence-corrected chi connectivity index (χ1v) is 18.0. The van der Waals surface area contributed by atoms with Crippen molar-refractivity contribution in [3.63, 3.8) is 0 Å². The maximum absolute atomic E-state index is 12.4. The molecule has 9 heteroatoms. The van der Waals surface area contributed by atoms with E-state index in [4.69, 9.17) is 28.4 Å². The lowest BCUT2D eigenvalue weighted by Gasteiger charge is -2.32. The van der Waals surface area contributed by atoms with Crippen molar-refractivity contribution in [3.05, 3.63) is 0 Å². The zero-order valence-corrected chi connectivity index (χ0v) is 30.0. The summed E-state index contributed by atoms with van der Waals surface area (Å²) in [4.78, 5) is 37.3. The van der Waals surface area contributed by atoms with Crippen LogP contribution < -0.4 is 0 Å². The van der Waals surface area contributed by atoms with Crippen molar-refractivity contribution in [1.82, 2.24) is 0 Å². The topological polar surface area (TPSA) is 107 Å². The number of hydrogen-bond donors (Lipinski definition) is 0. The summed E-state index contributed by atoms with van der Waals surface area (Å²) in [5.74, 6) is -0.680. The molecule has 0 aromatic carbocycles. The van der Waals surface area contributed by atoms with E-state index in [1.807, 2.05) is 20.8 Å². The fourth-order valence-corrected chi connectivity index (χ4v) is 5.07. The molecule has 0 aliphatic carbocycles. The molecule has 0 fully saturated rings. The summed E-state index contributed by atoms with van der Waals surface area (Å²) in [6.07, 6.45) is 11.8. The van der Waals surface area contributed by atoms with Crippen molar-refractivity contribution in [2.45, 2.75) is 132 Å². The van der Waals surface area contributed by atoms with Crippen LogP contribution in [0.5, 0.6) is 0 Å². The van der Waals surface area contributed by atoms with E-state index in [0.29, 0.717) is 26.2 Å². The second-order valence-corrected chi connectivity index (χ2v) is 12.3. The van der Waals surface area contributed by atoms with Crippen molar-refractivity contribution in [1.29, 1.82) is 0 Å². The van der Waals surface area contributed by atoms with E-state index < -0.39 is 5.41 Å². The Balaban J connectivity index is 4.93. The summed E-state index contributed by atoms with van der Waals surface area (Å²) in [7, 11) is 0. The van der Waals surface area contributed by atoms with Gasteiger partial charge in [0.05, 0.1) is 57.4 Å². The third-order valence-corrected chi connectivity index (χ3v) is 8.59. The molecule has 0 N–H and O–H groups in total. The summed E-state index contributed by atoms with van der Waals surface area (Å²) in [5, 5.41) is 0. The second-order valence-electron chi connectivity index (χ2n) is 12.3. The zero-order valence-electron chi connectivity index (χ0n) is 30.0. The van der Waals surface area contributed by atoms with Gasteiger partial charge in [-0.05, 0) is 44.9 Å². The molecule has 0 heterocycles. The highest BCUT2D eigenvalue weighted by molar-refractivity contribution is 5.73. The summed E-state index contributed by atoms with van der Waals surface area (Å²) >= 11 is 0. The lowest BCUT2D eigenvalue weighted by atomic mass is 9.88. The Morgan fingerprint density at radius 3 is 0.978 bits per heavy atom. The van der Waals surface area contributed by atoms with Gasteiger partial charge in [0.1, 0.15) is 19.8 Å².